The lowest BCUT2D eigenvalue weighted by Gasteiger charge is -2.32. The summed E-state index contributed by atoms with van der Waals surface area (Å²) in [6, 6.07) is 18.6. The molecule has 0 unspecified atom stereocenters. The summed E-state index contributed by atoms with van der Waals surface area (Å²) in [6.45, 7) is 1.72. The third-order valence-electron chi connectivity index (χ3n) is 5.01. The van der Waals surface area contributed by atoms with Crippen molar-refractivity contribution >= 4 is 28.6 Å². The Kier molecular flexibility index (Phi) is 4.79. The van der Waals surface area contributed by atoms with Gasteiger partial charge in [0, 0.05) is 35.1 Å². The second-order valence-electron chi connectivity index (χ2n) is 6.55. The number of aromatic nitrogens is 1. The van der Waals surface area contributed by atoms with Gasteiger partial charge >= 0.3 is 0 Å². The van der Waals surface area contributed by atoms with Gasteiger partial charge in [-0.05, 0) is 42.5 Å². The lowest BCUT2D eigenvalue weighted by atomic mass is 9.89. The highest BCUT2D eigenvalue weighted by Gasteiger charge is 2.25. The third-order valence-corrected chi connectivity index (χ3v) is 6.01. The molecule has 0 atom stereocenters. The van der Waals surface area contributed by atoms with Gasteiger partial charge in [-0.2, -0.15) is 0 Å². The number of carbonyl (C=O) groups is 1. The van der Waals surface area contributed by atoms with Crippen molar-refractivity contribution in [3.63, 3.8) is 0 Å². The monoisotopic (exact) mass is 350 g/mol. The number of hydrogen-bond acceptors (Lipinski definition) is 2. The first-order valence-corrected chi connectivity index (χ1v) is 9.81. The van der Waals surface area contributed by atoms with Crippen molar-refractivity contribution in [3.05, 3.63) is 66.4 Å². The lowest BCUT2D eigenvalue weighted by Crippen LogP contribution is -2.38. The predicted octanol–water partition coefficient (Wildman–Crippen LogP) is 4.67. The van der Waals surface area contributed by atoms with E-state index in [2.05, 4.69) is 47.6 Å². The summed E-state index contributed by atoms with van der Waals surface area (Å²) in [5.74, 6) is 1.33. The van der Waals surface area contributed by atoms with E-state index < -0.39 is 0 Å². The zero-order valence-corrected chi connectivity index (χ0v) is 15.0. The number of para-hydroxylation sites is 1. The Morgan fingerprint density at radius 3 is 2.56 bits per heavy atom. The molecule has 1 N–H and O–H groups in total. The molecule has 0 aliphatic carbocycles. The molecule has 0 saturated carbocycles. The minimum absolute atomic E-state index is 0.256. The molecule has 25 heavy (non-hydrogen) atoms. The first-order chi connectivity index (χ1) is 12.3. The van der Waals surface area contributed by atoms with Crippen LogP contribution in [0, 0.1) is 0 Å². The number of fused-ring (bicyclic) bond motifs is 1. The van der Waals surface area contributed by atoms with Crippen molar-refractivity contribution in [2.24, 2.45) is 0 Å². The fourth-order valence-electron chi connectivity index (χ4n) is 3.62. The van der Waals surface area contributed by atoms with Crippen molar-refractivity contribution in [1.29, 1.82) is 0 Å². The number of amides is 1. The summed E-state index contributed by atoms with van der Waals surface area (Å²) in [5.41, 5.74) is 2.61. The van der Waals surface area contributed by atoms with E-state index in [1.54, 1.807) is 11.8 Å². The maximum Gasteiger partial charge on any atom is 0.232 e. The maximum atomic E-state index is 12.5. The molecule has 3 nitrogen and oxygen atoms in total. The van der Waals surface area contributed by atoms with Crippen molar-refractivity contribution in [3.8, 4) is 0 Å². The van der Waals surface area contributed by atoms with Gasteiger partial charge < -0.3 is 9.88 Å². The highest BCUT2D eigenvalue weighted by Crippen LogP contribution is 2.33. The topological polar surface area (TPSA) is 36.1 Å². The average molecular weight is 350 g/mol. The van der Waals surface area contributed by atoms with Crippen LogP contribution in [0.15, 0.2) is 65.7 Å². The Hall–Kier alpha value is -2.20. The number of likely N-dealkylation sites (tertiary alicyclic amines) is 1. The standard InChI is InChI=1S/C21H22N2OS/c24-21(15-25-17-6-2-1-3-7-17)23-12-10-16(11-13-23)19-14-22-20-9-5-4-8-18(19)20/h1-9,14,16,22H,10-13,15H2. The molecule has 4 rings (SSSR count). The molecule has 4 heteroatoms. The fraction of sp³-hybridized carbons (Fsp3) is 0.286. The number of thioether (sulfide) groups is 1. The summed E-state index contributed by atoms with van der Waals surface area (Å²) in [6.07, 6.45) is 4.24. The van der Waals surface area contributed by atoms with E-state index in [0.29, 0.717) is 11.7 Å². The molecule has 1 aromatic heterocycles. The molecule has 0 radical (unpaired) electrons. The van der Waals surface area contributed by atoms with Gasteiger partial charge in [0.1, 0.15) is 0 Å². The largest absolute Gasteiger partial charge is 0.361 e. The number of benzene rings is 2. The van der Waals surface area contributed by atoms with Crippen LogP contribution in [0.2, 0.25) is 0 Å². The quantitative estimate of drug-likeness (QED) is 0.694. The molecule has 0 bridgehead atoms. The van der Waals surface area contributed by atoms with Crippen LogP contribution in [0.25, 0.3) is 10.9 Å². The van der Waals surface area contributed by atoms with Gasteiger partial charge in [0.25, 0.3) is 0 Å². The number of nitrogens with zero attached hydrogens (tertiary/aromatic N) is 1. The number of H-pyrrole nitrogens is 1. The molecule has 3 aromatic rings. The van der Waals surface area contributed by atoms with Crippen molar-refractivity contribution < 1.29 is 4.79 Å². The molecular formula is C21H22N2OS. The van der Waals surface area contributed by atoms with Crippen LogP contribution < -0.4 is 0 Å². The van der Waals surface area contributed by atoms with Crippen LogP contribution in [0.5, 0.6) is 0 Å². The molecule has 1 saturated heterocycles. The average Bonchev–Trinajstić information content (AvgIpc) is 3.11. The van der Waals surface area contributed by atoms with Gasteiger partial charge in [-0.3, -0.25) is 4.79 Å². The Balaban J connectivity index is 1.34. The van der Waals surface area contributed by atoms with E-state index in [-0.39, 0.29) is 5.91 Å². The summed E-state index contributed by atoms with van der Waals surface area (Å²) in [4.78, 5) is 19.0. The minimum atomic E-state index is 0.256. The Morgan fingerprint density at radius 1 is 1.04 bits per heavy atom. The first kappa shape index (κ1) is 16.3. The smallest absolute Gasteiger partial charge is 0.232 e. The van der Waals surface area contributed by atoms with Gasteiger partial charge in [0.2, 0.25) is 5.91 Å². The van der Waals surface area contributed by atoms with Gasteiger partial charge in [-0.1, -0.05) is 36.4 Å². The number of piperidine rings is 1. The van der Waals surface area contributed by atoms with Crippen LogP contribution >= 0.6 is 11.8 Å². The predicted molar refractivity (Wildman–Crippen MR) is 104 cm³/mol. The fourth-order valence-corrected chi connectivity index (χ4v) is 4.45. The third kappa shape index (κ3) is 3.59. The van der Waals surface area contributed by atoms with E-state index in [1.165, 1.54) is 16.5 Å². The number of aromatic amines is 1. The molecule has 0 spiro atoms. The molecular weight excluding hydrogens is 328 g/mol. The van der Waals surface area contributed by atoms with Crippen LogP contribution in [0.1, 0.15) is 24.3 Å². The second-order valence-corrected chi connectivity index (χ2v) is 7.60. The van der Waals surface area contributed by atoms with E-state index in [1.807, 2.05) is 23.1 Å². The van der Waals surface area contributed by atoms with E-state index in [0.717, 1.165) is 30.8 Å². The number of hydrogen-bond donors (Lipinski definition) is 1. The highest BCUT2D eigenvalue weighted by molar-refractivity contribution is 8.00. The molecule has 1 aliphatic rings. The second kappa shape index (κ2) is 7.36. The number of nitrogens with one attached hydrogen (secondary N) is 1. The molecule has 1 amide bonds. The molecule has 2 aromatic carbocycles. The summed E-state index contributed by atoms with van der Waals surface area (Å²) in [7, 11) is 0. The zero-order valence-electron chi connectivity index (χ0n) is 14.2. The molecule has 1 aliphatic heterocycles. The van der Waals surface area contributed by atoms with Crippen LogP contribution in [0.3, 0.4) is 0 Å². The minimum Gasteiger partial charge on any atom is -0.361 e. The van der Waals surface area contributed by atoms with Gasteiger partial charge in [0.15, 0.2) is 0 Å². The Morgan fingerprint density at radius 2 is 1.76 bits per heavy atom. The number of carbonyl (C=O) groups excluding carboxylic acids is 1. The van der Waals surface area contributed by atoms with E-state index >= 15 is 0 Å². The van der Waals surface area contributed by atoms with Crippen LogP contribution in [0.4, 0.5) is 0 Å². The van der Waals surface area contributed by atoms with Crippen molar-refractivity contribution in [2.45, 2.75) is 23.7 Å². The maximum absolute atomic E-state index is 12.5. The molecule has 128 valence electrons. The highest BCUT2D eigenvalue weighted by atomic mass is 32.2. The van der Waals surface area contributed by atoms with E-state index in [9.17, 15) is 4.79 Å². The molecule has 1 fully saturated rings. The summed E-state index contributed by atoms with van der Waals surface area (Å²) < 4.78 is 0. The Labute approximate surface area is 152 Å². The van der Waals surface area contributed by atoms with E-state index in [4.69, 9.17) is 0 Å². The van der Waals surface area contributed by atoms with Crippen molar-refractivity contribution in [2.75, 3.05) is 18.8 Å². The Bertz CT molecular complexity index is 850. The van der Waals surface area contributed by atoms with Gasteiger partial charge in [-0.25, -0.2) is 0 Å². The SMILES string of the molecule is O=C(CSc1ccccc1)N1CCC(c2c[nH]c3ccccc23)CC1. The van der Waals surface area contributed by atoms with Crippen LogP contribution in [-0.2, 0) is 4.79 Å². The summed E-state index contributed by atoms with van der Waals surface area (Å²) in [5, 5.41) is 1.33. The zero-order chi connectivity index (χ0) is 17.1. The normalized spacial score (nSPS) is 15.6. The summed E-state index contributed by atoms with van der Waals surface area (Å²) >= 11 is 1.63. The first-order valence-electron chi connectivity index (χ1n) is 8.83. The van der Waals surface area contributed by atoms with Gasteiger partial charge in [0.05, 0.1) is 5.75 Å². The lowest BCUT2D eigenvalue weighted by molar-refractivity contribution is -0.129. The van der Waals surface area contributed by atoms with Crippen molar-refractivity contribution in [1.82, 2.24) is 9.88 Å². The van der Waals surface area contributed by atoms with Gasteiger partial charge in [-0.15, -0.1) is 11.8 Å². The van der Waals surface area contributed by atoms with Crippen LogP contribution in [-0.4, -0.2) is 34.6 Å². The number of rotatable bonds is 4. The molecule has 2 heterocycles.